The minimum absolute atomic E-state index is 0. The number of rotatable bonds is 6. The normalized spacial score (nSPS) is 18.3. The average Bonchev–Trinajstić information content (AvgIpc) is 2.35. The van der Waals surface area contributed by atoms with Gasteiger partial charge in [-0.1, -0.05) is 0 Å². The van der Waals surface area contributed by atoms with Gasteiger partial charge in [0.15, 0.2) is 15.2 Å². The topological polar surface area (TPSA) is 266 Å². The Hall–Kier alpha value is 4.88. The van der Waals surface area contributed by atoms with E-state index >= 15 is 0 Å². The van der Waals surface area contributed by atoms with Gasteiger partial charge in [-0.2, -0.15) is 0 Å². The molecule has 4 unspecified atom stereocenters. The Kier molecular flexibility index (Phi) is 26.6. The quantitative estimate of drug-likeness (QED) is 0.224. The summed E-state index contributed by atoms with van der Waals surface area (Å²) in [5, 5.41) is 16.5. The molecular weight excluding hydrogens is 563 g/mol. The second-order valence-corrected chi connectivity index (χ2v) is 11.2. The van der Waals surface area contributed by atoms with Crippen LogP contribution in [-0.2, 0) is 26.4 Å². The molecule has 136 valence electrons. The Bertz CT molecular complexity index is 498. The molecule has 0 saturated carbocycles. The van der Waals surface area contributed by atoms with Gasteiger partial charge in [-0.3, -0.25) is 0 Å². The first-order chi connectivity index (χ1) is 9.43. The molecule has 0 aliphatic rings. The Labute approximate surface area is 240 Å². The third-order valence-corrected chi connectivity index (χ3v) is 8.52. The van der Waals surface area contributed by atoms with Gasteiger partial charge in [-0.15, -0.1) is 0 Å². The van der Waals surface area contributed by atoms with Crippen LogP contribution in [0.4, 0.5) is 0 Å². The molecule has 0 saturated heterocycles. The van der Waals surface area contributed by atoms with Crippen molar-refractivity contribution in [1.82, 2.24) is 0 Å². The Morgan fingerprint density at radius 3 is 0.840 bits per heavy atom. The fraction of sp³-hybridized carbons (Fsp3) is 1.00. The Morgan fingerprint density at radius 1 is 0.640 bits per heavy atom. The van der Waals surface area contributed by atoms with E-state index in [9.17, 15) is 47.6 Å². The van der Waals surface area contributed by atoms with Gasteiger partial charge in [0.1, 0.15) is 11.2 Å². The summed E-state index contributed by atoms with van der Waals surface area (Å²) < 4.78 is 46.2. The van der Waals surface area contributed by atoms with E-state index in [4.69, 9.17) is 10.2 Å². The minimum atomic E-state index is -5.62. The molecule has 0 bridgehead atoms. The van der Waals surface area contributed by atoms with Gasteiger partial charge in [0, 0.05) is 0 Å². The van der Waals surface area contributed by atoms with Crippen molar-refractivity contribution < 1.29 is 66.0 Å². The molecule has 0 aliphatic carbocycles. The maximum absolute atomic E-state index is 10.2. The molecule has 23 heteroatoms. The van der Waals surface area contributed by atoms with E-state index in [1.165, 1.54) is 0 Å². The summed E-state index contributed by atoms with van der Waals surface area (Å²) in [5.41, 5.74) is -6.26. The van der Waals surface area contributed by atoms with Crippen LogP contribution in [0, 0.1) is 0 Å². The molecule has 0 spiro atoms. The molecule has 0 fully saturated rings. The van der Waals surface area contributed by atoms with Gasteiger partial charge < -0.3 is 57.8 Å². The molecule has 0 heterocycles. The SMILES string of the molecule is O=P([O-])([O-])C(O)P(=O)([O-])OCl.O=P([O-])([O-])C(O)P(=O)([O-])OCl.[Ca+2].[Ca+2].[Ca+2]. The van der Waals surface area contributed by atoms with Crippen LogP contribution in [0.5, 0.6) is 0 Å². The Morgan fingerprint density at radius 2 is 0.800 bits per heavy atom. The molecule has 2 N–H and O–H groups in total. The molecule has 0 amide bonds. The molecule has 0 aromatic rings. The zero-order valence-corrected chi connectivity index (χ0v) is 23.3. The number of halogens is 2. The van der Waals surface area contributed by atoms with Crippen molar-refractivity contribution >= 4 is 167 Å². The summed E-state index contributed by atoms with van der Waals surface area (Å²) in [6.07, 6.45) is 0. The summed E-state index contributed by atoms with van der Waals surface area (Å²) in [4.78, 5) is 59.8. The third-order valence-electron chi connectivity index (χ3n) is 1.32. The van der Waals surface area contributed by atoms with Crippen LogP contribution in [0.1, 0.15) is 0 Å². The molecule has 14 nitrogen and oxygen atoms in total. The van der Waals surface area contributed by atoms with Gasteiger partial charge in [0.05, 0.1) is 23.7 Å². The zero-order valence-electron chi connectivity index (χ0n) is 11.6. The number of aliphatic hydroxyl groups excluding tert-OH is 2. The van der Waals surface area contributed by atoms with Gasteiger partial charge in [0.2, 0.25) is 0 Å². The van der Waals surface area contributed by atoms with Crippen molar-refractivity contribution in [3.63, 3.8) is 0 Å². The maximum atomic E-state index is 10.2. The minimum Gasteiger partial charge on any atom is -0.809 e. The number of hydrogen-bond donors (Lipinski definition) is 2. The first-order valence-corrected chi connectivity index (χ1v) is 11.1. The fourth-order valence-corrected chi connectivity index (χ4v) is 4.40. The predicted octanol–water partition coefficient (Wildman–Crippen LogP) is -5.34. The first kappa shape index (κ1) is 40.3. The molecular formula is C2H4Ca3Cl2O14P4. The van der Waals surface area contributed by atoms with E-state index in [0.29, 0.717) is 0 Å². The summed E-state index contributed by atoms with van der Waals surface area (Å²) in [7, 11) is -21.7. The molecule has 0 rings (SSSR count). The van der Waals surface area contributed by atoms with Gasteiger partial charge in [0.25, 0.3) is 0 Å². The van der Waals surface area contributed by atoms with Crippen molar-refractivity contribution in [2.24, 2.45) is 0 Å². The van der Waals surface area contributed by atoms with E-state index in [-0.39, 0.29) is 113 Å². The van der Waals surface area contributed by atoms with Crippen LogP contribution >= 0.6 is 54.1 Å². The molecule has 0 aromatic carbocycles. The van der Waals surface area contributed by atoms with E-state index in [0.717, 1.165) is 0 Å². The van der Waals surface area contributed by atoms with E-state index in [1.807, 2.05) is 0 Å². The van der Waals surface area contributed by atoms with Gasteiger partial charge in [-0.25, -0.2) is 8.15 Å². The van der Waals surface area contributed by atoms with Gasteiger partial charge in [-0.05, 0) is 15.2 Å². The van der Waals surface area contributed by atoms with Crippen LogP contribution in [0.25, 0.3) is 0 Å². The summed E-state index contributed by atoms with van der Waals surface area (Å²) >= 11 is 8.52. The largest absolute Gasteiger partial charge is 2.00 e. The van der Waals surface area contributed by atoms with Crippen LogP contribution in [-0.4, -0.2) is 135 Å². The molecule has 4 atom stereocenters. The smallest absolute Gasteiger partial charge is 0.809 e. The standard InChI is InChI=1S/2CH5ClO7P2.3Ca/c2*2-9-11(7,8)1(3)10(4,5)6;;;/h2*1,3H,(H,7,8)(H2,4,5,6);;;/q;;3*+2/p-6. The first-order valence-electron chi connectivity index (χ1n) is 4.05. The Balaban J connectivity index is -0.0000000952. The maximum Gasteiger partial charge on any atom is 2.00 e. The van der Waals surface area contributed by atoms with Crippen LogP contribution in [0.15, 0.2) is 0 Å². The second kappa shape index (κ2) is 16.5. The second-order valence-electron chi connectivity index (χ2n) is 2.99. The summed E-state index contributed by atoms with van der Waals surface area (Å²) in [6, 6.07) is 0. The van der Waals surface area contributed by atoms with E-state index in [2.05, 4.69) is 31.9 Å². The van der Waals surface area contributed by atoms with Gasteiger partial charge >= 0.3 is 113 Å². The predicted molar refractivity (Wildman–Crippen MR) is 73.6 cm³/mol. The third kappa shape index (κ3) is 17.2. The molecule has 0 aliphatic heterocycles. The fourth-order valence-electron chi connectivity index (χ4n) is 0.418. The molecule has 25 heavy (non-hydrogen) atoms. The van der Waals surface area contributed by atoms with Crippen LogP contribution in [0.3, 0.4) is 0 Å². The summed E-state index contributed by atoms with van der Waals surface area (Å²) in [6.45, 7) is 0. The number of hydrogen-bond acceptors (Lipinski definition) is 14. The van der Waals surface area contributed by atoms with E-state index in [1.54, 1.807) is 0 Å². The van der Waals surface area contributed by atoms with Crippen LogP contribution < -0.4 is 29.4 Å². The van der Waals surface area contributed by atoms with Crippen molar-refractivity contribution in [3.8, 4) is 0 Å². The monoisotopic (exact) mass is 566 g/mol. The van der Waals surface area contributed by atoms with Crippen molar-refractivity contribution in [2.45, 2.75) is 11.2 Å². The van der Waals surface area contributed by atoms with Crippen molar-refractivity contribution in [3.05, 3.63) is 0 Å². The summed E-state index contributed by atoms with van der Waals surface area (Å²) in [5.74, 6) is 0. The van der Waals surface area contributed by atoms with Crippen molar-refractivity contribution in [1.29, 1.82) is 0 Å². The zero-order chi connectivity index (χ0) is 18.6. The van der Waals surface area contributed by atoms with Crippen LogP contribution in [0.2, 0.25) is 0 Å². The molecule has 0 radical (unpaired) electrons. The average molecular weight is 567 g/mol. The number of aliphatic hydroxyl groups is 2. The van der Waals surface area contributed by atoms with E-state index < -0.39 is 41.6 Å². The van der Waals surface area contributed by atoms with Crippen molar-refractivity contribution in [2.75, 3.05) is 0 Å². The molecule has 0 aromatic heterocycles.